The molecule has 0 saturated heterocycles. The largest absolute Gasteiger partial charge is 0.393 e. The fraction of sp³-hybridized carbons (Fsp3) is 0.300. The van der Waals surface area contributed by atoms with E-state index in [9.17, 15) is 10.1 Å². The summed E-state index contributed by atoms with van der Waals surface area (Å²) in [7, 11) is 1.69. The standard InChI is InChI=1S/C10H12N4O2/c1-13(7-3-6-11)9-5-2-4-8(12)10(9)14(15)16/h2,4-5H,3,7,12H2,1H3. The molecule has 1 aromatic carbocycles. The molecule has 0 radical (unpaired) electrons. The fourth-order valence-corrected chi connectivity index (χ4v) is 1.39. The third-order valence-corrected chi connectivity index (χ3v) is 2.20. The molecule has 0 aliphatic heterocycles. The number of nitriles is 1. The third kappa shape index (κ3) is 2.39. The molecular weight excluding hydrogens is 208 g/mol. The van der Waals surface area contributed by atoms with Crippen molar-refractivity contribution in [2.75, 3.05) is 24.2 Å². The zero-order chi connectivity index (χ0) is 12.1. The van der Waals surface area contributed by atoms with Gasteiger partial charge in [0, 0.05) is 13.6 Å². The highest BCUT2D eigenvalue weighted by molar-refractivity contribution is 5.75. The first-order chi connectivity index (χ1) is 7.57. The van der Waals surface area contributed by atoms with Gasteiger partial charge in [0.15, 0.2) is 0 Å². The molecule has 2 N–H and O–H groups in total. The summed E-state index contributed by atoms with van der Waals surface area (Å²) >= 11 is 0. The van der Waals surface area contributed by atoms with Crippen molar-refractivity contribution in [3.63, 3.8) is 0 Å². The average molecular weight is 220 g/mol. The zero-order valence-electron chi connectivity index (χ0n) is 8.88. The van der Waals surface area contributed by atoms with E-state index in [1.165, 1.54) is 6.07 Å². The molecule has 1 aromatic rings. The lowest BCUT2D eigenvalue weighted by molar-refractivity contribution is -0.383. The number of nitro groups is 1. The first-order valence-corrected chi connectivity index (χ1v) is 4.69. The predicted molar refractivity (Wildman–Crippen MR) is 61.0 cm³/mol. The fourth-order valence-electron chi connectivity index (χ4n) is 1.39. The van der Waals surface area contributed by atoms with Crippen LogP contribution < -0.4 is 10.6 Å². The van der Waals surface area contributed by atoms with Gasteiger partial charge in [0.1, 0.15) is 11.4 Å². The highest BCUT2D eigenvalue weighted by atomic mass is 16.6. The van der Waals surface area contributed by atoms with Crippen molar-refractivity contribution >= 4 is 17.1 Å². The van der Waals surface area contributed by atoms with Gasteiger partial charge in [-0.05, 0) is 12.1 Å². The number of hydrogen-bond acceptors (Lipinski definition) is 5. The molecule has 0 unspecified atom stereocenters. The van der Waals surface area contributed by atoms with Gasteiger partial charge in [-0.1, -0.05) is 6.07 Å². The summed E-state index contributed by atoms with van der Waals surface area (Å²) in [5, 5.41) is 19.3. The molecule has 0 saturated carbocycles. The van der Waals surface area contributed by atoms with Crippen LogP contribution in [0.5, 0.6) is 0 Å². The van der Waals surface area contributed by atoms with E-state index in [2.05, 4.69) is 0 Å². The topological polar surface area (TPSA) is 96.2 Å². The van der Waals surface area contributed by atoms with E-state index in [0.717, 1.165) is 0 Å². The minimum absolute atomic E-state index is 0.108. The number of anilines is 2. The highest BCUT2D eigenvalue weighted by Gasteiger charge is 2.19. The number of benzene rings is 1. The second-order valence-electron chi connectivity index (χ2n) is 3.30. The number of rotatable bonds is 4. The maximum Gasteiger partial charge on any atom is 0.315 e. The Labute approximate surface area is 93.0 Å². The summed E-state index contributed by atoms with van der Waals surface area (Å²) in [5.41, 5.74) is 6.01. The maximum absolute atomic E-state index is 10.9. The molecule has 0 atom stereocenters. The maximum atomic E-state index is 10.9. The van der Waals surface area contributed by atoms with E-state index in [-0.39, 0.29) is 11.4 Å². The van der Waals surface area contributed by atoms with Crippen LogP contribution in [-0.4, -0.2) is 18.5 Å². The molecule has 0 bridgehead atoms. The van der Waals surface area contributed by atoms with Gasteiger partial charge < -0.3 is 10.6 Å². The molecule has 6 heteroatoms. The van der Waals surface area contributed by atoms with E-state index in [1.54, 1.807) is 24.1 Å². The predicted octanol–water partition coefficient (Wildman–Crippen LogP) is 1.53. The van der Waals surface area contributed by atoms with Gasteiger partial charge in [-0.2, -0.15) is 5.26 Å². The van der Waals surface area contributed by atoms with Gasteiger partial charge in [-0.25, -0.2) is 0 Å². The van der Waals surface area contributed by atoms with Gasteiger partial charge in [0.2, 0.25) is 0 Å². The van der Waals surface area contributed by atoms with Crippen molar-refractivity contribution in [2.45, 2.75) is 6.42 Å². The van der Waals surface area contributed by atoms with Gasteiger partial charge in [-0.15, -0.1) is 0 Å². The zero-order valence-corrected chi connectivity index (χ0v) is 8.88. The molecule has 0 amide bonds. The smallest absolute Gasteiger partial charge is 0.315 e. The molecule has 0 spiro atoms. The van der Waals surface area contributed by atoms with Gasteiger partial charge in [-0.3, -0.25) is 10.1 Å². The second kappa shape index (κ2) is 4.98. The van der Waals surface area contributed by atoms with Crippen LogP contribution >= 0.6 is 0 Å². The Bertz CT molecular complexity index is 439. The van der Waals surface area contributed by atoms with E-state index >= 15 is 0 Å². The average Bonchev–Trinajstić information content (AvgIpc) is 2.24. The lowest BCUT2D eigenvalue weighted by Gasteiger charge is -2.17. The first kappa shape index (κ1) is 11.8. The number of hydrogen-bond donors (Lipinski definition) is 1. The lowest BCUT2D eigenvalue weighted by atomic mass is 10.2. The van der Waals surface area contributed by atoms with Crippen molar-refractivity contribution in [3.8, 4) is 6.07 Å². The molecule has 16 heavy (non-hydrogen) atoms. The number of para-hydroxylation sites is 1. The molecule has 1 rings (SSSR count). The van der Waals surface area contributed by atoms with Crippen LogP contribution in [0.2, 0.25) is 0 Å². The van der Waals surface area contributed by atoms with Crippen LogP contribution in [0.15, 0.2) is 18.2 Å². The Morgan fingerprint density at radius 1 is 1.62 bits per heavy atom. The normalized spacial score (nSPS) is 9.50. The monoisotopic (exact) mass is 220 g/mol. The van der Waals surface area contributed by atoms with E-state index in [4.69, 9.17) is 11.0 Å². The van der Waals surface area contributed by atoms with Crippen LogP contribution in [0.1, 0.15) is 6.42 Å². The first-order valence-electron chi connectivity index (χ1n) is 4.69. The second-order valence-corrected chi connectivity index (χ2v) is 3.30. The Balaban J connectivity index is 3.08. The van der Waals surface area contributed by atoms with Crippen LogP contribution in [0.25, 0.3) is 0 Å². The minimum Gasteiger partial charge on any atom is -0.393 e. The summed E-state index contributed by atoms with van der Waals surface area (Å²) in [6.45, 7) is 0.431. The van der Waals surface area contributed by atoms with Gasteiger partial charge >= 0.3 is 5.69 Å². The Morgan fingerprint density at radius 2 is 2.31 bits per heavy atom. The number of nitro benzene ring substituents is 1. The number of nitrogens with zero attached hydrogens (tertiary/aromatic N) is 3. The Morgan fingerprint density at radius 3 is 2.88 bits per heavy atom. The van der Waals surface area contributed by atoms with Gasteiger partial charge in [0.25, 0.3) is 0 Å². The Hall–Kier alpha value is -2.29. The summed E-state index contributed by atoms with van der Waals surface area (Å²) < 4.78 is 0. The van der Waals surface area contributed by atoms with Crippen molar-refractivity contribution in [3.05, 3.63) is 28.3 Å². The highest BCUT2D eigenvalue weighted by Crippen LogP contribution is 2.32. The molecule has 0 aliphatic rings. The summed E-state index contributed by atoms with van der Waals surface area (Å²) in [4.78, 5) is 12.0. The van der Waals surface area contributed by atoms with Crippen LogP contribution in [-0.2, 0) is 0 Å². The molecular formula is C10H12N4O2. The van der Waals surface area contributed by atoms with Crippen LogP contribution in [0, 0.1) is 21.4 Å². The quantitative estimate of drug-likeness (QED) is 0.471. The number of nitrogen functional groups attached to an aromatic ring is 1. The third-order valence-electron chi connectivity index (χ3n) is 2.20. The molecule has 0 heterocycles. The van der Waals surface area contributed by atoms with E-state index in [1.807, 2.05) is 6.07 Å². The Kier molecular flexibility index (Phi) is 3.67. The van der Waals surface area contributed by atoms with Crippen molar-refractivity contribution in [1.29, 1.82) is 5.26 Å². The van der Waals surface area contributed by atoms with Crippen LogP contribution in [0.3, 0.4) is 0 Å². The van der Waals surface area contributed by atoms with Crippen LogP contribution in [0.4, 0.5) is 17.1 Å². The lowest BCUT2D eigenvalue weighted by Crippen LogP contribution is -2.19. The number of nitrogens with two attached hydrogens (primary N) is 1. The van der Waals surface area contributed by atoms with Gasteiger partial charge in [0.05, 0.1) is 17.4 Å². The van der Waals surface area contributed by atoms with E-state index < -0.39 is 4.92 Å². The summed E-state index contributed by atoms with van der Waals surface area (Å²) in [6, 6.07) is 6.75. The molecule has 0 fully saturated rings. The summed E-state index contributed by atoms with van der Waals surface area (Å²) in [6.07, 6.45) is 0.308. The molecule has 84 valence electrons. The molecule has 0 aliphatic carbocycles. The SMILES string of the molecule is CN(CCC#N)c1cccc(N)c1[N+](=O)[O-]. The molecule has 0 aromatic heterocycles. The minimum atomic E-state index is -0.506. The van der Waals surface area contributed by atoms with Crippen molar-refractivity contribution in [1.82, 2.24) is 0 Å². The molecule has 6 nitrogen and oxygen atoms in total. The van der Waals surface area contributed by atoms with E-state index in [0.29, 0.717) is 18.7 Å². The van der Waals surface area contributed by atoms with Crippen molar-refractivity contribution < 1.29 is 4.92 Å². The van der Waals surface area contributed by atoms with Crippen molar-refractivity contribution in [2.24, 2.45) is 0 Å². The summed E-state index contributed by atoms with van der Waals surface area (Å²) in [5.74, 6) is 0.